The highest BCUT2D eigenvalue weighted by molar-refractivity contribution is 6.42. The van der Waals surface area contributed by atoms with Crippen molar-refractivity contribution in [3.05, 3.63) is 62.6 Å². The first-order valence-electron chi connectivity index (χ1n) is 10.4. The van der Waals surface area contributed by atoms with Crippen molar-refractivity contribution in [3.8, 4) is 6.07 Å². The molecule has 1 aliphatic rings. The van der Waals surface area contributed by atoms with Crippen LogP contribution in [-0.4, -0.2) is 18.0 Å². The molecule has 2 aromatic carbocycles. The Bertz CT molecular complexity index is 1100. The van der Waals surface area contributed by atoms with E-state index in [9.17, 15) is 10.1 Å². The number of carbonyl (C=O) groups is 1. The summed E-state index contributed by atoms with van der Waals surface area (Å²) in [7, 11) is 0. The first-order chi connectivity index (χ1) is 14.6. The molecule has 0 radical (unpaired) electrons. The fourth-order valence-electron chi connectivity index (χ4n) is 4.48. The summed E-state index contributed by atoms with van der Waals surface area (Å²) in [6.45, 7) is 11.9. The molecular weight excluding hydrogens is 429 g/mol. The molecule has 6 heteroatoms. The van der Waals surface area contributed by atoms with Crippen LogP contribution >= 0.6 is 23.2 Å². The largest absolute Gasteiger partial charge is 0.366 e. The Morgan fingerprint density at radius 3 is 2.61 bits per heavy atom. The molecule has 1 amide bonds. The van der Waals surface area contributed by atoms with Gasteiger partial charge in [-0.3, -0.25) is 4.79 Å². The molecule has 4 nitrogen and oxygen atoms in total. The molecule has 1 aliphatic heterocycles. The quantitative estimate of drug-likeness (QED) is 0.400. The smallest absolute Gasteiger partial charge is 0.266 e. The van der Waals surface area contributed by atoms with Gasteiger partial charge in [-0.1, -0.05) is 30.1 Å². The SMILES string of the molecule is CCN1c2cc(C)c(/C=C(/C#N)C(=O)Nc3ccc(Cl)c(Cl)c3)cc2[C@H](C)CC1(C)C. The zero-order valence-electron chi connectivity index (χ0n) is 18.5. The van der Waals surface area contributed by atoms with E-state index in [0.29, 0.717) is 21.7 Å². The number of benzene rings is 2. The molecular formula is C25H27Cl2N3O. The van der Waals surface area contributed by atoms with Gasteiger partial charge in [-0.15, -0.1) is 0 Å². The van der Waals surface area contributed by atoms with Crippen LogP contribution in [-0.2, 0) is 4.79 Å². The van der Waals surface area contributed by atoms with Crippen LogP contribution in [0.15, 0.2) is 35.9 Å². The Hall–Kier alpha value is -2.48. The summed E-state index contributed by atoms with van der Waals surface area (Å²) in [5.41, 5.74) is 4.99. The Morgan fingerprint density at radius 2 is 2.00 bits per heavy atom. The lowest BCUT2D eigenvalue weighted by molar-refractivity contribution is -0.112. The molecule has 0 spiro atoms. The van der Waals surface area contributed by atoms with Crippen molar-refractivity contribution < 1.29 is 4.79 Å². The Balaban J connectivity index is 1.96. The average Bonchev–Trinajstić information content (AvgIpc) is 2.69. The second-order valence-corrected chi connectivity index (χ2v) is 9.50. The number of hydrogen-bond donors (Lipinski definition) is 1. The maximum absolute atomic E-state index is 12.7. The number of nitrogens with one attached hydrogen (secondary N) is 1. The predicted octanol–water partition coefficient (Wildman–Crippen LogP) is 6.96. The minimum Gasteiger partial charge on any atom is -0.366 e. The van der Waals surface area contributed by atoms with Crippen molar-refractivity contribution in [3.63, 3.8) is 0 Å². The number of halogens is 2. The molecule has 162 valence electrons. The number of anilines is 2. The fourth-order valence-corrected chi connectivity index (χ4v) is 4.78. The highest BCUT2D eigenvalue weighted by Crippen LogP contribution is 2.44. The van der Waals surface area contributed by atoms with E-state index in [0.717, 1.165) is 24.1 Å². The van der Waals surface area contributed by atoms with Crippen molar-refractivity contribution in [2.24, 2.45) is 0 Å². The van der Waals surface area contributed by atoms with E-state index in [4.69, 9.17) is 23.2 Å². The second kappa shape index (κ2) is 8.94. The molecule has 0 aliphatic carbocycles. The van der Waals surface area contributed by atoms with Crippen LogP contribution < -0.4 is 10.2 Å². The zero-order chi connectivity index (χ0) is 22.9. The van der Waals surface area contributed by atoms with Gasteiger partial charge in [0, 0.05) is 23.5 Å². The summed E-state index contributed by atoms with van der Waals surface area (Å²) in [5.74, 6) is -0.0986. The van der Waals surface area contributed by atoms with Crippen LogP contribution in [0.25, 0.3) is 6.08 Å². The number of nitrogens with zero attached hydrogens (tertiary/aromatic N) is 2. The Kier molecular flexibility index (Phi) is 6.69. The van der Waals surface area contributed by atoms with E-state index in [1.165, 1.54) is 11.3 Å². The predicted molar refractivity (Wildman–Crippen MR) is 130 cm³/mol. The number of aryl methyl sites for hydroxylation is 1. The third-order valence-corrected chi connectivity index (χ3v) is 6.67. The number of rotatable bonds is 4. The van der Waals surface area contributed by atoms with E-state index >= 15 is 0 Å². The molecule has 3 rings (SSSR count). The second-order valence-electron chi connectivity index (χ2n) is 8.68. The fraction of sp³-hybridized carbons (Fsp3) is 0.360. The number of fused-ring (bicyclic) bond motifs is 1. The van der Waals surface area contributed by atoms with Crippen LogP contribution in [0, 0.1) is 18.3 Å². The summed E-state index contributed by atoms with van der Waals surface area (Å²) in [6, 6.07) is 11.1. The molecule has 1 atom stereocenters. The molecule has 1 N–H and O–H groups in total. The number of amides is 1. The number of hydrogen-bond acceptors (Lipinski definition) is 3. The molecule has 0 saturated carbocycles. The third kappa shape index (κ3) is 4.74. The van der Waals surface area contributed by atoms with Gasteiger partial charge < -0.3 is 10.2 Å². The minimum absolute atomic E-state index is 0.0327. The highest BCUT2D eigenvalue weighted by Gasteiger charge is 2.35. The standard InChI is InChI=1S/C25H27Cl2N3O/c1-6-30-23-9-15(2)17(11-20(23)16(3)13-25(30,4)5)10-18(14-28)24(31)29-19-7-8-21(26)22(27)12-19/h7-12,16H,6,13H2,1-5H3,(H,29,31)/b18-10-/t16-/m1/s1. The van der Waals surface area contributed by atoms with Gasteiger partial charge in [-0.05, 0) is 93.1 Å². The van der Waals surface area contributed by atoms with Crippen LogP contribution in [0.5, 0.6) is 0 Å². The van der Waals surface area contributed by atoms with Crippen molar-refractivity contribution >= 4 is 46.6 Å². The molecule has 2 aromatic rings. The van der Waals surface area contributed by atoms with Gasteiger partial charge in [-0.2, -0.15) is 5.26 Å². The van der Waals surface area contributed by atoms with E-state index in [-0.39, 0.29) is 11.1 Å². The number of carbonyl (C=O) groups excluding carboxylic acids is 1. The summed E-state index contributed by atoms with van der Waals surface area (Å²) >= 11 is 11.9. The van der Waals surface area contributed by atoms with Gasteiger partial charge in [0.05, 0.1) is 10.0 Å². The lowest BCUT2D eigenvalue weighted by atomic mass is 9.79. The van der Waals surface area contributed by atoms with E-state index in [1.807, 2.05) is 13.0 Å². The minimum atomic E-state index is -0.484. The first-order valence-corrected chi connectivity index (χ1v) is 11.1. The average molecular weight is 456 g/mol. The monoisotopic (exact) mass is 455 g/mol. The Labute approximate surface area is 194 Å². The van der Waals surface area contributed by atoms with Crippen LogP contribution in [0.4, 0.5) is 11.4 Å². The molecule has 0 saturated heterocycles. The van der Waals surface area contributed by atoms with Crippen molar-refractivity contribution in [1.29, 1.82) is 5.26 Å². The summed E-state index contributed by atoms with van der Waals surface area (Å²) in [4.78, 5) is 15.1. The lowest BCUT2D eigenvalue weighted by Gasteiger charge is -2.47. The highest BCUT2D eigenvalue weighted by atomic mass is 35.5. The maximum atomic E-state index is 12.7. The maximum Gasteiger partial charge on any atom is 0.266 e. The van der Waals surface area contributed by atoms with Crippen molar-refractivity contribution in [2.45, 2.75) is 52.5 Å². The van der Waals surface area contributed by atoms with E-state index in [1.54, 1.807) is 24.3 Å². The zero-order valence-corrected chi connectivity index (χ0v) is 20.0. The van der Waals surface area contributed by atoms with Crippen LogP contribution in [0.1, 0.15) is 56.7 Å². The van der Waals surface area contributed by atoms with E-state index < -0.39 is 5.91 Å². The first kappa shape index (κ1) is 23.2. The van der Waals surface area contributed by atoms with Gasteiger partial charge in [0.25, 0.3) is 5.91 Å². The molecule has 31 heavy (non-hydrogen) atoms. The van der Waals surface area contributed by atoms with Crippen LogP contribution in [0.3, 0.4) is 0 Å². The van der Waals surface area contributed by atoms with Gasteiger partial charge in [0.2, 0.25) is 0 Å². The molecule has 0 fully saturated rings. The normalized spacial score (nSPS) is 17.7. The molecule has 1 heterocycles. The van der Waals surface area contributed by atoms with Gasteiger partial charge in [0.15, 0.2) is 0 Å². The van der Waals surface area contributed by atoms with Gasteiger partial charge in [-0.25, -0.2) is 0 Å². The van der Waals surface area contributed by atoms with Gasteiger partial charge in [0.1, 0.15) is 11.6 Å². The van der Waals surface area contributed by atoms with Crippen LogP contribution in [0.2, 0.25) is 10.0 Å². The lowest BCUT2D eigenvalue weighted by Crippen LogP contribution is -2.48. The number of nitriles is 1. The van der Waals surface area contributed by atoms with Gasteiger partial charge >= 0.3 is 0 Å². The topological polar surface area (TPSA) is 56.1 Å². The molecule has 0 aromatic heterocycles. The van der Waals surface area contributed by atoms with Crippen molar-refractivity contribution in [2.75, 3.05) is 16.8 Å². The van der Waals surface area contributed by atoms with E-state index in [2.05, 4.69) is 50.0 Å². The summed E-state index contributed by atoms with van der Waals surface area (Å²) in [5, 5.41) is 13.1. The molecule has 0 unspecified atom stereocenters. The third-order valence-electron chi connectivity index (χ3n) is 5.93. The Morgan fingerprint density at radius 1 is 1.29 bits per heavy atom. The van der Waals surface area contributed by atoms with Crippen molar-refractivity contribution in [1.82, 2.24) is 0 Å². The summed E-state index contributed by atoms with van der Waals surface area (Å²) in [6.07, 6.45) is 2.70. The summed E-state index contributed by atoms with van der Waals surface area (Å²) < 4.78 is 0. The molecule has 0 bridgehead atoms.